The smallest absolute Gasteiger partial charge is 0.319 e. The first-order valence-corrected chi connectivity index (χ1v) is 15.8. The van der Waals surface area contributed by atoms with E-state index in [-0.39, 0.29) is 59.5 Å². The highest BCUT2D eigenvalue weighted by atomic mass is 19.1. The van der Waals surface area contributed by atoms with Crippen LogP contribution in [0.3, 0.4) is 0 Å². The third kappa shape index (κ3) is 4.83. The lowest BCUT2D eigenvalue weighted by Crippen LogP contribution is -2.62. The van der Waals surface area contributed by atoms with E-state index in [9.17, 15) is 4.39 Å². The normalized spacial score (nSPS) is 23.9. The van der Waals surface area contributed by atoms with Crippen LogP contribution in [0.2, 0.25) is 0 Å². The Morgan fingerprint density at radius 1 is 1.13 bits per heavy atom. The number of fused-ring (bicyclic) bond motifs is 6. The Balaban J connectivity index is 1.28. The van der Waals surface area contributed by atoms with Crippen LogP contribution in [0.5, 0.6) is 11.9 Å². The fourth-order valence-corrected chi connectivity index (χ4v) is 7.51. The zero-order chi connectivity index (χ0) is 31.5. The summed E-state index contributed by atoms with van der Waals surface area (Å²) in [5, 5.41) is 5.17. The molecular weight excluding hydrogens is 590 g/mol. The molecule has 46 heavy (non-hydrogen) atoms. The van der Waals surface area contributed by atoms with Crippen molar-refractivity contribution in [3.8, 4) is 35.5 Å². The van der Waals surface area contributed by atoms with E-state index < -0.39 is 11.6 Å². The highest BCUT2D eigenvalue weighted by Crippen LogP contribution is 2.45. The van der Waals surface area contributed by atoms with Crippen LogP contribution in [0.25, 0.3) is 32.9 Å². The molecule has 4 aromatic rings. The number of hydrogen-bond acceptors (Lipinski definition) is 9. The van der Waals surface area contributed by atoms with Gasteiger partial charge in [-0.05, 0) is 36.8 Å². The van der Waals surface area contributed by atoms with E-state index in [0.29, 0.717) is 53.8 Å². The molecule has 1 N–H and O–H groups in total. The number of aromatic nitrogens is 3. The summed E-state index contributed by atoms with van der Waals surface area (Å²) in [4.78, 5) is 18.7. The first kappa shape index (κ1) is 29.1. The summed E-state index contributed by atoms with van der Waals surface area (Å²) >= 11 is 0. The van der Waals surface area contributed by atoms with Crippen molar-refractivity contribution in [3.05, 3.63) is 59.7 Å². The summed E-state index contributed by atoms with van der Waals surface area (Å²) < 4.78 is 50.1. The van der Waals surface area contributed by atoms with Crippen LogP contribution in [0.1, 0.15) is 25.3 Å². The van der Waals surface area contributed by atoms with Crippen molar-refractivity contribution in [3.63, 3.8) is 0 Å². The molecule has 3 saturated heterocycles. The van der Waals surface area contributed by atoms with Crippen molar-refractivity contribution in [2.75, 3.05) is 50.9 Å². The molecular formula is C35H34F2N6O3. The topological polar surface area (TPSA) is 84.9 Å². The second kappa shape index (κ2) is 11.5. The summed E-state index contributed by atoms with van der Waals surface area (Å²) in [5.41, 5.74) is 1.23. The van der Waals surface area contributed by atoms with E-state index in [1.54, 1.807) is 18.2 Å². The SMILES string of the molecule is C#Cc1c(F)ccc2cccc(-c3nc4c5c(nc(OCC(=C)CN6CCOCC6)nc5c3F)N3CC5CCC(N5)C3C(C)O4)c12. The Morgan fingerprint density at radius 2 is 1.98 bits per heavy atom. The number of morpholine rings is 1. The number of nitrogens with zero attached hydrogens (tertiary/aromatic N) is 5. The van der Waals surface area contributed by atoms with Crippen LogP contribution in [0, 0.1) is 24.0 Å². The van der Waals surface area contributed by atoms with Gasteiger partial charge in [0.25, 0.3) is 0 Å². The van der Waals surface area contributed by atoms with Crippen molar-refractivity contribution in [1.82, 2.24) is 25.2 Å². The zero-order valence-corrected chi connectivity index (χ0v) is 25.6. The molecule has 4 aliphatic rings. The number of anilines is 1. The van der Waals surface area contributed by atoms with Crippen molar-refractivity contribution in [2.24, 2.45) is 0 Å². The second-order valence-electron chi connectivity index (χ2n) is 12.5. The summed E-state index contributed by atoms with van der Waals surface area (Å²) in [5.74, 6) is 1.95. The van der Waals surface area contributed by atoms with Gasteiger partial charge in [-0.1, -0.05) is 36.8 Å². The summed E-state index contributed by atoms with van der Waals surface area (Å²) in [6.45, 7) is 10.7. The van der Waals surface area contributed by atoms with Crippen molar-refractivity contribution >= 4 is 27.5 Å². The fraction of sp³-hybridized carbons (Fsp3) is 0.400. The first-order chi connectivity index (χ1) is 22.4. The average Bonchev–Trinajstić information content (AvgIpc) is 3.39. The minimum Gasteiger partial charge on any atom is -0.472 e. The van der Waals surface area contributed by atoms with Gasteiger partial charge in [0.05, 0.1) is 24.8 Å². The molecule has 0 spiro atoms. The second-order valence-corrected chi connectivity index (χ2v) is 12.5. The van der Waals surface area contributed by atoms with Crippen LogP contribution in [-0.2, 0) is 4.74 Å². The molecule has 8 rings (SSSR count). The minimum absolute atomic E-state index is 0.0215. The molecule has 4 unspecified atom stereocenters. The Morgan fingerprint density at radius 3 is 2.80 bits per heavy atom. The van der Waals surface area contributed by atoms with Gasteiger partial charge in [-0.25, -0.2) is 13.8 Å². The van der Waals surface area contributed by atoms with Crippen LogP contribution < -0.4 is 19.7 Å². The zero-order valence-electron chi connectivity index (χ0n) is 25.6. The van der Waals surface area contributed by atoms with E-state index in [1.165, 1.54) is 6.07 Å². The number of benzene rings is 2. The summed E-state index contributed by atoms with van der Waals surface area (Å²) in [6, 6.07) is 8.63. The molecule has 9 nitrogen and oxygen atoms in total. The minimum atomic E-state index is -0.688. The van der Waals surface area contributed by atoms with Gasteiger partial charge < -0.3 is 24.4 Å². The fourth-order valence-electron chi connectivity index (χ4n) is 7.51. The molecule has 0 amide bonds. The molecule has 6 heterocycles. The molecule has 2 aromatic heterocycles. The lowest BCUT2D eigenvalue weighted by Gasteiger charge is -2.42. The van der Waals surface area contributed by atoms with Gasteiger partial charge in [0.2, 0.25) is 5.88 Å². The lowest BCUT2D eigenvalue weighted by atomic mass is 9.96. The van der Waals surface area contributed by atoms with E-state index in [4.69, 9.17) is 30.6 Å². The first-order valence-electron chi connectivity index (χ1n) is 15.8. The summed E-state index contributed by atoms with van der Waals surface area (Å²) in [6.07, 6.45) is 7.49. The highest BCUT2D eigenvalue weighted by Gasteiger charge is 2.47. The van der Waals surface area contributed by atoms with Crippen LogP contribution in [0.15, 0.2) is 42.5 Å². The molecule has 0 aliphatic carbocycles. The molecule has 4 aliphatic heterocycles. The predicted molar refractivity (Wildman–Crippen MR) is 171 cm³/mol. The van der Waals surface area contributed by atoms with E-state index in [1.807, 2.05) is 13.0 Å². The number of piperazine rings is 1. The van der Waals surface area contributed by atoms with E-state index in [0.717, 1.165) is 31.5 Å². The molecule has 2 aromatic carbocycles. The Kier molecular flexibility index (Phi) is 7.24. The third-order valence-corrected chi connectivity index (χ3v) is 9.58. The van der Waals surface area contributed by atoms with Gasteiger partial charge in [0, 0.05) is 49.2 Å². The number of halogens is 2. The van der Waals surface area contributed by atoms with Gasteiger partial charge in [-0.2, -0.15) is 9.97 Å². The Hall–Kier alpha value is -4.37. The Labute approximate surface area is 265 Å². The standard InChI is InChI=1S/C35H34F2N6O3/c1-4-23-25(36)10-8-21-6-5-7-24(27(21)23)30-29(37)31-28-33(41-35(40-31)45-18-19(2)16-42-12-14-44-15-13-42)43-17-22-9-11-26(38-22)32(43)20(3)46-34(28)39-30/h1,5-8,10,20,22,26,32,38H,2,9,11-18H2,3H3. The molecule has 4 atom stereocenters. The van der Waals surface area contributed by atoms with Gasteiger partial charge in [0.1, 0.15) is 40.9 Å². The lowest BCUT2D eigenvalue weighted by molar-refractivity contribution is 0.0414. The van der Waals surface area contributed by atoms with Gasteiger partial charge >= 0.3 is 6.01 Å². The molecule has 0 radical (unpaired) electrons. The number of terminal acetylenes is 1. The Bertz CT molecular complexity index is 1920. The number of rotatable bonds is 6. The van der Waals surface area contributed by atoms with Gasteiger partial charge in [-0.15, -0.1) is 6.42 Å². The predicted octanol–water partition coefficient (Wildman–Crippen LogP) is 4.46. The van der Waals surface area contributed by atoms with Gasteiger partial charge in [0.15, 0.2) is 5.82 Å². The van der Waals surface area contributed by atoms with E-state index in [2.05, 4.69) is 32.6 Å². The number of nitrogens with one attached hydrogen (secondary N) is 1. The van der Waals surface area contributed by atoms with E-state index >= 15 is 4.39 Å². The number of hydrogen-bond donors (Lipinski definition) is 1. The van der Waals surface area contributed by atoms with Crippen LogP contribution >= 0.6 is 0 Å². The quantitative estimate of drug-likeness (QED) is 0.247. The van der Waals surface area contributed by atoms with Crippen molar-refractivity contribution < 1.29 is 23.0 Å². The molecule has 236 valence electrons. The average molecular weight is 625 g/mol. The summed E-state index contributed by atoms with van der Waals surface area (Å²) in [7, 11) is 0. The van der Waals surface area contributed by atoms with Gasteiger partial charge in [-0.3, -0.25) is 4.90 Å². The van der Waals surface area contributed by atoms with Crippen molar-refractivity contribution in [1.29, 1.82) is 0 Å². The molecule has 2 bridgehead atoms. The molecule has 0 saturated carbocycles. The monoisotopic (exact) mass is 624 g/mol. The third-order valence-electron chi connectivity index (χ3n) is 9.58. The maximum absolute atomic E-state index is 17.0. The maximum Gasteiger partial charge on any atom is 0.319 e. The maximum atomic E-state index is 17.0. The molecule has 11 heteroatoms. The van der Waals surface area contributed by atoms with Crippen LogP contribution in [-0.4, -0.2) is 90.1 Å². The number of pyridine rings is 1. The van der Waals surface area contributed by atoms with Crippen molar-refractivity contribution in [2.45, 2.75) is 44.0 Å². The largest absolute Gasteiger partial charge is 0.472 e. The van der Waals surface area contributed by atoms with Crippen LogP contribution in [0.4, 0.5) is 14.6 Å². The number of ether oxygens (including phenoxy) is 3. The molecule has 3 fully saturated rings. The highest BCUT2D eigenvalue weighted by molar-refractivity contribution is 6.03.